The lowest BCUT2D eigenvalue weighted by Crippen LogP contribution is -2.17. The average Bonchev–Trinajstić information content (AvgIpc) is 2.78. The highest BCUT2D eigenvalue weighted by Gasteiger charge is 2.11. The second-order valence-corrected chi connectivity index (χ2v) is 4.59. The van der Waals surface area contributed by atoms with Crippen molar-refractivity contribution in [2.45, 2.75) is 13.5 Å². The van der Waals surface area contributed by atoms with Gasteiger partial charge in [-0.2, -0.15) is 0 Å². The Labute approximate surface area is 116 Å². The van der Waals surface area contributed by atoms with E-state index in [2.05, 4.69) is 4.98 Å². The molecule has 1 heterocycles. The predicted molar refractivity (Wildman–Crippen MR) is 79.3 cm³/mol. The minimum Gasteiger partial charge on any atom is -0.492 e. The SMILES string of the molecule is CCOc1cccc2[nH]c(=O)n(Cc3ccccc3)c12. The Morgan fingerprint density at radius 1 is 1.10 bits per heavy atom. The molecule has 3 aromatic rings. The summed E-state index contributed by atoms with van der Waals surface area (Å²) in [5.41, 5.74) is 2.60. The van der Waals surface area contributed by atoms with E-state index in [1.165, 1.54) is 0 Å². The molecule has 0 amide bonds. The molecule has 0 unspecified atom stereocenters. The molecule has 0 atom stereocenters. The van der Waals surface area contributed by atoms with E-state index in [9.17, 15) is 4.79 Å². The summed E-state index contributed by atoms with van der Waals surface area (Å²) in [6, 6.07) is 15.6. The van der Waals surface area contributed by atoms with E-state index in [1.54, 1.807) is 4.57 Å². The molecule has 1 N–H and O–H groups in total. The van der Waals surface area contributed by atoms with Gasteiger partial charge in [0.1, 0.15) is 11.3 Å². The molecular weight excluding hydrogens is 252 g/mol. The van der Waals surface area contributed by atoms with Gasteiger partial charge in [0.25, 0.3) is 0 Å². The van der Waals surface area contributed by atoms with Crippen molar-refractivity contribution in [2.75, 3.05) is 6.61 Å². The molecule has 0 radical (unpaired) electrons. The molecule has 0 fully saturated rings. The normalized spacial score (nSPS) is 10.8. The average molecular weight is 268 g/mol. The maximum atomic E-state index is 12.2. The number of H-pyrrole nitrogens is 1. The number of aromatic nitrogens is 2. The summed E-state index contributed by atoms with van der Waals surface area (Å²) in [7, 11) is 0. The summed E-state index contributed by atoms with van der Waals surface area (Å²) < 4.78 is 7.35. The van der Waals surface area contributed by atoms with Crippen molar-refractivity contribution in [2.24, 2.45) is 0 Å². The second-order valence-electron chi connectivity index (χ2n) is 4.59. The molecule has 0 aliphatic heterocycles. The molecule has 0 bridgehead atoms. The quantitative estimate of drug-likeness (QED) is 0.791. The van der Waals surface area contributed by atoms with Crippen molar-refractivity contribution in [1.29, 1.82) is 0 Å². The predicted octanol–water partition coefficient (Wildman–Crippen LogP) is 2.78. The number of fused-ring (bicyclic) bond motifs is 1. The van der Waals surface area contributed by atoms with Gasteiger partial charge < -0.3 is 9.72 Å². The highest BCUT2D eigenvalue weighted by Crippen LogP contribution is 2.24. The Balaban J connectivity index is 2.14. The Morgan fingerprint density at radius 3 is 2.65 bits per heavy atom. The summed E-state index contributed by atoms with van der Waals surface area (Å²) in [6.45, 7) is 3.04. The van der Waals surface area contributed by atoms with Gasteiger partial charge in [-0.3, -0.25) is 4.57 Å². The second kappa shape index (κ2) is 5.25. The first-order valence-electron chi connectivity index (χ1n) is 6.68. The van der Waals surface area contributed by atoms with Crippen molar-refractivity contribution in [3.8, 4) is 5.75 Å². The number of aromatic amines is 1. The summed E-state index contributed by atoms with van der Waals surface area (Å²) in [6.07, 6.45) is 0. The number of rotatable bonds is 4. The zero-order valence-corrected chi connectivity index (χ0v) is 11.3. The number of benzene rings is 2. The van der Waals surface area contributed by atoms with Gasteiger partial charge in [-0.15, -0.1) is 0 Å². The van der Waals surface area contributed by atoms with Crippen molar-refractivity contribution in [1.82, 2.24) is 9.55 Å². The van der Waals surface area contributed by atoms with Crippen LogP contribution in [0.25, 0.3) is 11.0 Å². The molecular formula is C16H16N2O2. The van der Waals surface area contributed by atoms with Gasteiger partial charge in [0, 0.05) is 0 Å². The first-order valence-corrected chi connectivity index (χ1v) is 6.68. The van der Waals surface area contributed by atoms with Crippen LogP contribution in [0.1, 0.15) is 12.5 Å². The minimum atomic E-state index is -0.115. The molecule has 20 heavy (non-hydrogen) atoms. The highest BCUT2D eigenvalue weighted by molar-refractivity contribution is 5.82. The number of hydrogen-bond acceptors (Lipinski definition) is 2. The lowest BCUT2D eigenvalue weighted by molar-refractivity contribution is 0.342. The van der Waals surface area contributed by atoms with Gasteiger partial charge in [0.15, 0.2) is 0 Å². The monoisotopic (exact) mass is 268 g/mol. The van der Waals surface area contributed by atoms with E-state index in [4.69, 9.17) is 4.74 Å². The van der Waals surface area contributed by atoms with Crippen LogP contribution in [0.3, 0.4) is 0 Å². The third kappa shape index (κ3) is 2.20. The number of para-hydroxylation sites is 1. The fourth-order valence-electron chi connectivity index (χ4n) is 2.37. The Bertz CT molecular complexity index is 772. The molecule has 1 aromatic heterocycles. The standard InChI is InChI=1S/C16H16N2O2/c1-2-20-14-10-6-9-13-15(14)18(16(19)17-13)11-12-7-4-3-5-8-12/h3-10H,2,11H2,1H3,(H,17,19). The van der Waals surface area contributed by atoms with Crippen LogP contribution in [0.4, 0.5) is 0 Å². The van der Waals surface area contributed by atoms with E-state index in [1.807, 2.05) is 55.5 Å². The van der Waals surface area contributed by atoms with Crippen LogP contribution in [0.2, 0.25) is 0 Å². The van der Waals surface area contributed by atoms with Gasteiger partial charge in [0.2, 0.25) is 0 Å². The Morgan fingerprint density at radius 2 is 1.90 bits per heavy atom. The highest BCUT2D eigenvalue weighted by atomic mass is 16.5. The van der Waals surface area contributed by atoms with Crippen LogP contribution in [0, 0.1) is 0 Å². The zero-order chi connectivity index (χ0) is 13.9. The molecule has 0 aliphatic rings. The number of ether oxygens (including phenoxy) is 1. The van der Waals surface area contributed by atoms with Gasteiger partial charge in [-0.05, 0) is 24.6 Å². The molecule has 4 nitrogen and oxygen atoms in total. The summed E-state index contributed by atoms with van der Waals surface area (Å²) >= 11 is 0. The lowest BCUT2D eigenvalue weighted by Gasteiger charge is -2.08. The first-order chi connectivity index (χ1) is 9.79. The third-order valence-corrected chi connectivity index (χ3v) is 3.24. The molecule has 3 rings (SSSR count). The Hall–Kier alpha value is -2.49. The molecule has 4 heteroatoms. The van der Waals surface area contributed by atoms with E-state index in [0.717, 1.165) is 22.3 Å². The van der Waals surface area contributed by atoms with Crippen LogP contribution in [-0.4, -0.2) is 16.2 Å². The van der Waals surface area contributed by atoms with Gasteiger partial charge in [-0.1, -0.05) is 36.4 Å². The fraction of sp³-hybridized carbons (Fsp3) is 0.188. The van der Waals surface area contributed by atoms with Crippen molar-refractivity contribution >= 4 is 11.0 Å². The molecule has 0 saturated heterocycles. The lowest BCUT2D eigenvalue weighted by atomic mass is 10.2. The van der Waals surface area contributed by atoms with Crippen LogP contribution in [0.5, 0.6) is 5.75 Å². The fourth-order valence-corrected chi connectivity index (χ4v) is 2.37. The number of hydrogen-bond donors (Lipinski definition) is 1. The topological polar surface area (TPSA) is 47.0 Å². The summed E-state index contributed by atoms with van der Waals surface area (Å²) in [5.74, 6) is 0.735. The number of nitrogens with zero attached hydrogens (tertiary/aromatic N) is 1. The molecule has 0 saturated carbocycles. The van der Waals surface area contributed by atoms with Crippen molar-refractivity contribution < 1.29 is 4.74 Å². The molecule has 102 valence electrons. The zero-order valence-electron chi connectivity index (χ0n) is 11.3. The van der Waals surface area contributed by atoms with Crippen molar-refractivity contribution in [3.63, 3.8) is 0 Å². The Kier molecular flexibility index (Phi) is 3.29. The van der Waals surface area contributed by atoms with Gasteiger partial charge in [-0.25, -0.2) is 4.79 Å². The maximum Gasteiger partial charge on any atom is 0.326 e. The van der Waals surface area contributed by atoms with Gasteiger partial charge >= 0.3 is 5.69 Å². The maximum absolute atomic E-state index is 12.2. The molecule has 0 aliphatic carbocycles. The minimum absolute atomic E-state index is 0.115. The largest absolute Gasteiger partial charge is 0.492 e. The summed E-state index contributed by atoms with van der Waals surface area (Å²) in [5, 5.41) is 0. The molecule has 2 aromatic carbocycles. The van der Waals surface area contributed by atoms with Crippen LogP contribution in [0.15, 0.2) is 53.3 Å². The van der Waals surface area contributed by atoms with E-state index >= 15 is 0 Å². The smallest absolute Gasteiger partial charge is 0.326 e. The van der Waals surface area contributed by atoms with Crippen molar-refractivity contribution in [3.05, 3.63) is 64.6 Å². The summed E-state index contributed by atoms with van der Waals surface area (Å²) in [4.78, 5) is 15.0. The van der Waals surface area contributed by atoms with E-state index in [-0.39, 0.29) is 5.69 Å². The van der Waals surface area contributed by atoms with Crippen LogP contribution >= 0.6 is 0 Å². The number of imidazole rings is 1. The van der Waals surface area contributed by atoms with E-state index in [0.29, 0.717) is 13.2 Å². The first kappa shape index (κ1) is 12.5. The number of nitrogens with one attached hydrogen (secondary N) is 1. The van der Waals surface area contributed by atoms with Crippen LogP contribution in [-0.2, 0) is 6.54 Å². The van der Waals surface area contributed by atoms with Gasteiger partial charge in [0.05, 0.1) is 18.7 Å². The van der Waals surface area contributed by atoms with Crippen LogP contribution < -0.4 is 10.4 Å². The van der Waals surface area contributed by atoms with E-state index < -0.39 is 0 Å². The third-order valence-electron chi connectivity index (χ3n) is 3.24. The molecule has 0 spiro atoms.